The number of H-pyrrole nitrogens is 1. The average molecular weight is 184 g/mol. The minimum Gasteiger partial charge on any atom is -0.410 e. The number of hydrogen-bond acceptors (Lipinski definition) is 5. The molecular formula is C4H6ClNO5. The number of oxazole rings is 1. The van der Waals surface area contributed by atoms with Gasteiger partial charge in [0.2, 0.25) is 6.20 Å². The summed E-state index contributed by atoms with van der Waals surface area (Å²) >= 11 is 0. The first kappa shape index (κ1) is 10.3. The van der Waals surface area contributed by atoms with E-state index in [0.29, 0.717) is 0 Å². The fourth-order valence-corrected chi connectivity index (χ4v) is 0.321. The van der Waals surface area contributed by atoms with Crippen LogP contribution in [0.4, 0.5) is 0 Å². The molecule has 1 heterocycles. The summed E-state index contributed by atoms with van der Waals surface area (Å²) in [6, 6.07) is 0. The highest BCUT2D eigenvalue weighted by Crippen LogP contribution is 1.79. The van der Waals surface area contributed by atoms with Crippen LogP contribution < -0.4 is 23.6 Å². The van der Waals surface area contributed by atoms with Crippen LogP contribution in [0.25, 0.3) is 0 Å². The zero-order chi connectivity index (χ0) is 8.91. The van der Waals surface area contributed by atoms with Gasteiger partial charge in [0.1, 0.15) is 0 Å². The van der Waals surface area contributed by atoms with Crippen molar-refractivity contribution in [1.82, 2.24) is 0 Å². The molecule has 7 heteroatoms. The van der Waals surface area contributed by atoms with Gasteiger partial charge in [0.05, 0.1) is 6.92 Å². The van der Waals surface area contributed by atoms with Crippen LogP contribution >= 0.6 is 0 Å². The number of halogens is 1. The number of hydrogen-bond donors (Lipinski definition) is 0. The van der Waals surface area contributed by atoms with Gasteiger partial charge in [-0.05, 0) is 0 Å². The molecule has 0 aliphatic heterocycles. The quantitative estimate of drug-likeness (QED) is 0.403. The molecule has 0 aromatic carbocycles. The van der Waals surface area contributed by atoms with Crippen LogP contribution in [0.3, 0.4) is 0 Å². The minimum atomic E-state index is -4.94. The number of aromatic nitrogens is 1. The van der Waals surface area contributed by atoms with E-state index in [1.165, 1.54) is 0 Å². The van der Waals surface area contributed by atoms with Gasteiger partial charge in [0.15, 0.2) is 6.26 Å². The number of aryl methyl sites for hydroxylation is 1. The standard InChI is InChI=1S/C4H5NO.ClHO4/c1-4-5-2-3-6-4;2-1(3,4)5/h2-3H,1H3;(H,2,3,4,5). The second-order valence-electron chi connectivity index (χ2n) is 1.50. The molecule has 0 radical (unpaired) electrons. The molecule has 6 nitrogen and oxygen atoms in total. The predicted molar refractivity (Wildman–Crippen MR) is 20.0 cm³/mol. The van der Waals surface area contributed by atoms with Crippen molar-refractivity contribution >= 4 is 0 Å². The van der Waals surface area contributed by atoms with E-state index < -0.39 is 10.2 Å². The van der Waals surface area contributed by atoms with E-state index >= 15 is 0 Å². The molecule has 0 saturated carbocycles. The summed E-state index contributed by atoms with van der Waals surface area (Å²) in [6.45, 7) is 1.86. The van der Waals surface area contributed by atoms with Crippen molar-refractivity contribution in [2.24, 2.45) is 0 Å². The summed E-state index contributed by atoms with van der Waals surface area (Å²) < 4.78 is 38.8. The van der Waals surface area contributed by atoms with Crippen LogP contribution in [0.15, 0.2) is 16.9 Å². The summed E-state index contributed by atoms with van der Waals surface area (Å²) in [4.78, 5) is 2.83. The van der Waals surface area contributed by atoms with Crippen LogP contribution in [0.5, 0.6) is 0 Å². The van der Waals surface area contributed by atoms with Crippen molar-refractivity contribution in [1.29, 1.82) is 0 Å². The lowest BCUT2D eigenvalue weighted by molar-refractivity contribution is -2.00. The minimum absolute atomic E-state index is 0.843. The summed E-state index contributed by atoms with van der Waals surface area (Å²) in [6.07, 6.45) is 3.35. The Bertz CT molecular complexity index is 175. The maximum atomic E-state index is 8.49. The van der Waals surface area contributed by atoms with Crippen LogP contribution in [-0.2, 0) is 0 Å². The van der Waals surface area contributed by atoms with Gasteiger partial charge in [-0.15, -0.1) is 10.2 Å². The Morgan fingerprint density at radius 3 is 1.91 bits per heavy atom. The lowest BCUT2D eigenvalue weighted by Crippen LogP contribution is -2.68. The largest absolute Gasteiger partial charge is 0.410 e. The van der Waals surface area contributed by atoms with Crippen molar-refractivity contribution < 1.29 is 38.3 Å². The predicted octanol–water partition coefficient (Wildman–Crippen LogP) is -4.35. The first-order valence-corrected chi connectivity index (χ1v) is 3.66. The molecule has 0 saturated heterocycles. The molecule has 0 fully saturated rings. The number of nitrogens with one attached hydrogen (secondary N) is 1. The summed E-state index contributed by atoms with van der Waals surface area (Å²) in [5.41, 5.74) is 0. The van der Waals surface area contributed by atoms with Crippen molar-refractivity contribution in [2.45, 2.75) is 6.92 Å². The van der Waals surface area contributed by atoms with Gasteiger partial charge < -0.3 is 4.42 Å². The van der Waals surface area contributed by atoms with Crippen LogP contribution in [0.1, 0.15) is 5.89 Å². The molecule has 1 aromatic heterocycles. The fraction of sp³-hybridized carbons (Fsp3) is 0.250. The normalized spacial score (nSPS) is 10.3. The molecule has 11 heavy (non-hydrogen) atoms. The van der Waals surface area contributed by atoms with Crippen LogP contribution in [0, 0.1) is 17.2 Å². The van der Waals surface area contributed by atoms with E-state index in [-0.39, 0.29) is 0 Å². The Morgan fingerprint density at radius 2 is 1.82 bits per heavy atom. The average Bonchev–Trinajstić information content (AvgIpc) is 2.12. The van der Waals surface area contributed by atoms with E-state index in [0.717, 1.165) is 5.89 Å². The van der Waals surface area contributed by atoms with Gasteiger partial charge in [0.25, 0.3) is 0 Å². The van der Waals surface area contributed by atoms with Crippen molar-refractivity contribution in [3.63, 3.8) is 0 Å². The van der Waals surface area contributed by atoms with Crippen molar-refractivity contribution in [2.75, 3.05) is 0 Å². The molecular weight excluding hydrogens is 177 g/mol. The molecule has 1 rings (SSSR count). The highest BCUT2D eigenvalue weighted by Gasteiger charge is 1.87. The number of aromatic amines is 1. The molecule has 1 N–H and O–H groups in total. The van der Waals surface area contributed by atoms with Crippen LogP contribution in [0.2, 0.25) is 0 Å². The van der Waals surface area contributed by atoms with Crippen LogP contribution in [-0.4, -0.2) is 0 Å². The fourth-order valence-electron chi connectivity index (χ4n) is 0.321. The maximum absolute atomic E-state index is 8.49. The van der Waals surface area contributed by atoms with Gasteiger partial charge in [0, 0.05) is 0 Å². The van der Waals surface area contributed by atoms with E-state index in [2.05, 4.69) is 4.98 Å². The van der Waals surface area contributed by atoms with Crippen molar-refractivity contribution in [3.8, 4) is 0 Å². The zero-order valence-corrected chi connectivity index (χ0v) is 6.33. The molecule has 0 amide bonds. The van der Waals surface area contributed by atoms with Gasteiger partial charge in [-0.3, -0.25) is 0 Å². The lowest BCUT2D eigenvalue weighted by Gasteiger charge is -2.17. The topological polar surface area (TPSA) is 120 Å². The highest BCUT2D eigenvalue weighted by molar-refractivity contribution is 4.57. The zero-order valence-electron chi connectivity index (χ0n) is 5.57. The molecule has 0 atom stereocenters. The Kier molecular flexibility index (Phi) is 4.01. The Labute approximate surface area is 64.5 Å². The SMILES string of the molecule is Cc1[nH+]cco1.[O-][Cl+3]([O-])([O-])[O-]. The maximum Gasteiger partial charge on any atom is 0.341 e. The molecule has 0 bridgehead atoms. The Morgan fingerprint density at radius 1 is 1.36 bits per heavy atom. The van der Waals surface area contributed by atoms with E-state index in [4.69, 9.17) is 23.1 Å². The lowest BCUT2D eigenvalue weighted by atomic mass is 10.8. The Balaban J connectivity index is 0.000000187. The Hall–Kier alpha value is -0.660. The molecule has 0 aliphatic carbocycles. The summed E-state index contributed by atoms with van der Waals surface area (Å²) in [5.74, 6) is 0.843. The van der Waals surface area contributed by atoms with E-state index in [1.807, 2.05) is 6.92 Å². The van der Waals surface area contributed by atoms with Gasteiger partial charge >= 0.3 is 5.89 Å². The second-order valence-corrected chi connectivity index (χ2v) is 2.26. The third kappa shape index (κ3) is 12.5. The summed E-state index contributed by atoms with van der Waals surface area (Å²) in [7, 11) is -4.94. The third-order valence-corrected chi connectivity index (χ3v) is 0.599. The first-order chi connectivity index (χ1) is 4.89. The monoisotopic (exact) mass is 183 g/mol. The van der Waals surface area contributed by atoms with E-state index in [9.17, 15) is 0 Å². The molecule has 0 spiro atoms. The van der Waals surface area contributed by atoms with Gasteiger partial charge in [-0.1, -0.05) is 0 Å². The van der Waals surface area contributed by atoms with Gasteiger partial charge in [-0.25, -0.2) is 18.6 Å². The first-order valence-electron chi connectivity index (χ1n) is 2.43. The second kappa shape index (κ2) is 4.27. The molecule has 1 aromatic rings. The molecule has 0 unspecified atom stereocenters. The van der Waals surface area contributed by atoms with E-state index in [1.54, 1.807) is 12.5 Å². The third-order valence-electron chi connectivity index (χ3n) is 0.599. The number of rotatable bonds is 0. The van der Waals surface area contributed by atoms with Gasteiger partial charge in [-0.2, -0.15) is 4.98 Å². The molecule has 64 valence electrons. The summed E-state index contributed by atoms with van der Waals surface area (Å²) in [5, 5.41) is 0. The smallest absolute Gasteiger partial charge is 0.341 e. The molecule has 0 aliphatic rings. The van der Waals surface area contributed by atoms with Crippen molar-refractivity contribution in [3.05, 3.63) is 18.4 Å². The highest BCUT2D eigenvalue weighted by atomic mass is 35.7.